The molecule has 1 atom stereocenters. The van der Waals surface area contributed by atoms with E-state index in [9.17, 15) is 22.4 Å². The van der Waals surface area contributed by atoms with Crippen LogP contribution < -0.4 is 11.1 Å². The second-order valence-corrected chi connectivity index (χ2v) is 10.2. The lowest BCUT2D eigenvalue weighted by Gasteiger charge is -2.49. The Balaban J connectivity index is 2.10. The molecule has 1 aromatic carbocycles. The van der Waals surface area contributed by atoms with Gasteiger partial charge in [-0.25, -0.2) is 14.2 Å². The standard InChI is InChI=1S/C24H23ClF4N4OS/c1-14-13-35-20(32-14)11-23(19-5-4-17(25)12-31-19,22(33-21(30)34)6-2-3-7-22)15-8-16(24(27,28)29)10-18(26)9-15/h4-5,8-10,12-13H,2-3,6-7,11H2,1H3,(H3,30,33,34). The van der Waals surface area contributed by atoms with Crippen LogP contribution in [0.3, 0.4) is 0 Å². The van der Waals surface area contributed by atoms with Crippen LogP contribution in [0.4, 0.5) is 22.4 Å². The fraction of sp³-hybridized carbons (Fsp3) is 0.375. The molecule has 1 aliphatic carbocycles. The Morgan fingerprint density at radius 1 is 1.20 bits per heavy atom. The first-order valence-electron chi connectivity index (χ1n) is 10.9. The monoisotopic (exact) mass is 526 g/mol. The van der Waals surface area contributed by atoms with Crippen LogP contribution in [-0.4, -0.2) is 21.5 Å². The molecule has 1 fully saturated rings. The number of nitrogens with zero attached hydrogens (tertiary/aromatic N) is 2. The molecule has 2 amide bonds. The number of nitrogens with two attached hydrogens (primary N) is 1. The van der Waals surface area contributed by atoms with Gasteiger partial charge in [0.1, 0.15) is 5.82 Å². The number of pyridine rings is 1. The van der Waals surface area contributed by atoms with Gasteiger partial charge in [0.25, 0.3) is 0 Å². The van der Waals surface area contributed by atoms with E-state index in [2.05, 4.69) is 15.3 Å². The van der Waals surface area contributed by atoms with Gasteiger partial charge in [-0.15, -0.1) is 11.3 Å². The number of alkyl halides is 3. The van der Waals surface area contributed by atoms with Gasteiger partial charge in [-0.1, -0.05) is 24.4 Å². The van der Waals surface area contributed by atoms with Crippen LogP contribution >= 0.6 is 22.9 Å². The Hall–Kier alpha value is -2.72. The summed E-state index contributed by atoms with van der Waals surface area (Å²) in [6.45, 7) is 1.80. The van der Waals surface area contributed by atoms with Crippen LogP contribution in [0.25, 0.3) is 0 Å². The van der Waals surface area contributed by atoms with Crippen molar-refractivity contribution in [2.45, 2.75) is 56.2 Å². The summed E-state index contributed by atoms with van der Waals surface area (Å²) < 4.78 is 56.2. The number of hydrogen-bond donors (Lipinski definition) is 2. The Kier molecular flexibility index (Phi) is 6.80. The molecule has 4 rings (SSSR count). The van der Waals surface area contributed by atoms with Crippen molar-refractivity contribution in [1.82, 2.24) is 15.3 Å². The van der Waals surface area contributed by atoms with E-state index < -0.39 is 34.5 Å². The molecule has 0 bridgehead atoms. The predicted molar refractivity (Wildman–Crippen MR) is 126 cm³/mol. The molecule has 5 nitrogen and oxygen atoms in total. The van der Waals surface area contributed by atoms with Crippen molar-refractivity contribution < 1.29 is 22.4 Å². The molecule has 0 aliphatic heterocycles. The highest BCUT2D eigenvalue weighted by Crippen LogP contribution is 2.52. The maximum Gasteiger partial charge on any atom is 0.416 e. The topological polar surface area (TPSA) is 80.9 Å². The number of hydrogen-bond acceptors (Lipinski definition) is 4. The van der Waals surface area contributed by atoms with Crippen molar-refractivity contribution in [1.29, 1.82) is 0 Å². The number of halogens is 5. The third kappa shape index (κ3) is 4.86. The van der Waals surface area contributed by atoms with Gasteiger partial charge in [0.15, 0.2) is 0 Å². The maximum atomic E-state index is 14.8. The number of aryl methyl sites for hydroxylation is 1. The summed E-state index contributed by atoms with van der Waals surface area (Å²) >= 11 is 7.42. The molecule has 3 N–H and O–H groups in total. The van der Waals surface area contributed by atoms with Crippen LogP contribution in [0.5, 0.6) is 0 Å². The molecule has 1 unspecified atom stereocenters. The molecule has 186 valence electrons. The van der Waals surface area contributed by atoms with Crippen LogP contribution in [0.2, 0.25) is 5.02 Å². The third-order valence-corrected chi connectivity index (χ3v) is 7.79. The number of amides is 2. The summed E-state index contributed by atoms with van der Waals surface area (Å²) in [7, 11) is 0. The average Bonchev–Trinajstić information content (AvgIpc) is 3.40. The average molecular weight is 527 g/mol. The first kappa shape index (κ1) is 25.4. The summed E-state index contributed by atoms with van der Waals surface area (Å²) in [4.78, 5) is 21.3. The number of carbonyl (C=O) groups excluding carboxylic acids is 1. The summed E-state index contributed by atoms with van der Waals surface area (Å²) in [6.07, 6.45) is -1.14. The van der Waals surface area contributed by atoms with Crippen molar-refractivity contribution >= 4 is 29.0 Å². The molecule has 0 saturated heterocycles. The van der Waals surface area contributed by atoms with Crippen LogP contribution in [-0.2, 0) is 18.0 Å². The SMILES string of the molecule is Cc1csc(CC(c2cc(F)cc(C(F)(F)F)c2)(c2ccc(Cl)cn2)C2(NC(N)=O)CCCC2)n1. The zero-order valence-electron chi connectivity index (χ0n) is 18.8. The number of rotatable bonds is 6. The van der Waals surface area contributed by atoms with E-state index in [-0.39, 0.29) is 12.0 Å². The lowest BCUT2D eigenvalue weighted by Crippen LogP contribution is -2.63. The van der Waals surface area contributed by atoms with Gasteiger partial charge >= 0.3 is 12.2 Å². The minimum atomic E-state index is -4.78. The van der Waals surface area contributed by atoms with Gasteiger partial charge in [-0.2, -0.15) is 13.2 Å². The fourth-order valence-electron chi connectivity index (χ4n) is 5.24. The van der Waals surface area contributed by atoms with Crippen LogP contribution in [0.15, 0.2) is 41.9 Å². The van der Waals surface area contributed by atoms with Crippen molar-refractivity contribution in [3.63, 3.8) is 0 Å². The number of nitrogens with one attached hydrogen (secondary N) is 1. The highest BCUT2D eigenvalue weighted by atomic mass is 35.5. The molecule has 1 aliphatic rings. The lowest BCUT2D eigenvalue weighted by molar-refractivity contribution is -0.137. The zero-order valence-corrected chi connectivity index (χ0v) is 20.3. The first-order chi connectivity index (χ1) is 16.4. The number of aromatic nitrogens is 2. The van der Waals surface area contributed by atoms with Crippen LogP contribution in [0, 0.1) is 12.7 Å². The summed E-state index contributed by atoms with van der Waals surface area (Å²) in [5, 5.41) is 5.61. The first-order valence-corrected chi connectivity index (χ1v) is 12.2. The molecule has 3 aromatic rings. The van der Waals surface area contributed by atoms with E-state index in [1.54, 1.807) is 19.1 Å². The summed E-state index contributed by atoms with van der Waals surface area (Å²) in [5.41, 5.74) is 3.01. The minimum absolute atomic E-state index is 0.0307. The van der Waals surface area contributed by atoms with Crippen molar-refractivity contribution in [2.24, 2.45) is 5.73 Å². The van der Waals surface area contributed by atoms with Crippen molar-refractivity contribution in [3.05, 3.63) is 80.3 Å². The summed E-state index contributed by atoms with van der Waals surface area (Å²) in [6, 6.07) is 4.82. The largest absolute Gasteiger partial charge is 0.416 e. The number of primary amides is 1. The molecule has 0 spiro atoms. The van der Waals surface area contributed by atoms with E-state index in [1.165, 1.54) is 17.5 Å². The summed E-state index contributed by atoms with van der Waals surface area (Å²) in [5.74, 6) is -1.05. The van der Waals surface area contributed by atoms with E-state index in [0.717, 1.165) is 17.8 Å². The molecule has 2 aromatic heterocycles. The smallest absolute Gasteiger partial charge is 0.352 e. The zero-order chi connectivity index (χ0) is 25.4. The number of thiazole rings is 1. The van der Waals surface area contributed by atoms with Gasteiger partial charge in [0, 0.05) is 23.7 Å². The van der Waals surface area contributed by atoms with Gasteiger partial charge < -0.3 is 11.1 Å². The molecular formula is C24H23ClF4N4OS. The highest BCUT2D eigenvalue weighted by Gasteiger charge is 2.57. The van der Waals surface area contributed by atoms with Gasteiger partial charge in [0.2, 0.25) is 0 Å². The molecule has 1 saturated carbocycles. The Bertz CT molecular complexity index is 1230. The second kappa shape index (κ2) is 9.39. The third-order valence-electron chi connectivity index (χ3n) is 6.60. The number of benzene rings is 1. The van der Waals surface area contributed by atoms with Crippen molar-refractivity contribution in [2.75, 3.05) is 0 Å². The quantitative estimate of drug-likeness (QED) is 0.377. The highest BCUT2D eigenvalue weighted by molar-refractivity contribution is 7.09. The van der Waals surface area contributed by atoms with Gasteiger partial charge in [0.05, 0.1) is 32.2 Å². The normalized spacial score (nSPS) is 17.2. The fourth-order valence-corrected chi connectivity index (χ4v) is 6.21. The number of carbonyl (C=O) groups is 1. The minimum Gasteiger partial charge on any atom is -0.352 e. The molecule has 0 radical (unpaired) electrons. The Morgan fingerprint density at radius 3 is 2.43 bits per heavy atom. The van der Waals surface area contributed by atoms with E-state index in [0.29, 0.717) is 47.5 Å². The molecule has 35 heavy (non-hydrogen) atoms. The van der Waals surface area contributed by atoms with Crippen LogP contribution in [0.1, 0.15) is 53.2 Å². The van der Waals surface area contributed by atoms with E-state index in [4.69, 9.17) is 17.3 Å². The van der Waals surface area contributed by atoms with E-state index in [1.807, 2.05) is 5.38 Å². The van der Waals surface area contributed by atoms with Gasteiger partial charge in [-0.05, 0) is 55.7 Å². The number of urea groups is 1. The second-order valence-electron chi connectivity index (χ2n) is 8.83. The van der Waals surface area contributed by atoms with Gasteiger partial charge in [-0.3, -0.25) is 4.98 Å². The Morgan fingerprint density at radius 2 is 1.89 bits per heavy atom. The molecule has 11 heteroatoms. The van der Waals surface area contributed by atoms with Crippen molar-refractivity contribution in [3.8, 4) is 0 Å². The lowest BCUT2D eigenvalue weighted by atomic mass is 9.60. The maximum absolute atomic E-state index is 14.8. The predicted octanol–water partition coefficient (Wildman–Crippen LogP) is 6.17. The molecule has 2 heterocycles. The van der Waals surface area contributed by atoms with E-state index >= 15 is 0 Å². The Labute approximate surface area is 208 Å². The molecular weight excluding hydrogens is 504 g/mol.